The lowest BCUT2D eigenvalue weighted by atomic mass is 9.94. The smallest absolute Gasteiger partial charge is 0.224 e. The van der Waals surface area contributed by atoms with E-state index in [9.17, 15) is 9.59 Å². The van der Waals surface area contributed by atoms with Crippen molar-refractivity contribution in [1.29, 1.82) is 0 Å². The summed E-state index contributed by atoms with van der Waals surface area (Å²) in [5.74, 6) is -0.0662. The number of amides is 1. The summed E-state index contributed by atoms with van der Waals surface area (Å²) in [7, 11) is 1.81. The van der Waals surface area contributed by atoms with Gasteiger partial charge in [0.1, 0.15) is 0 Å². The van der Waals surface area contributed by atoms with Crippen LogP contribution in [0.25, 0.3) is 12.2 Å². The molecule has 1 heterocycles. The van der Waals surface area contributed by atoms with Crippen LogP contribution in [0, 0.1) is 0 Å². The highest BCUT2D eigenvalue weighted by atomic mass is 35.5. The Hall–Kier alpha value is -2.40. The molecule has 1 amide bonds. The van der Waals surface area contributed by atoms with Gasteiger partial charge >= 0.3 is 0 Å². The van der Waals surface area contributed by atoms with Gasteiger partial charge in [0.25, 0.3) is 0 Å². The van der Waals surface area contributed by atoms with Gasteiger partial charge in [0.2, 0.25) is 5.91 Å². The monoisotopic (exact) mass is 428 g/mol. The van der Waals surface area contributed by atoms with Crippen molar-refractivity contribution in [1.82, 2.24) is 10.2 Å². The molecule has 0 spiro atoms. The zero-order valence-electron chi connectivity index (χ0n) is 16.1. The average molecular weight is 429 g/mol. The molecule has 2 aromatic carbocycles. The summed E-state index contributed by atoms with van der Waals surface area (Å²) >= 11 is 12.2. The fraction of sp³-hybridized carbons (Fsp3) is 0.217. The Morgan fingerprint density at radius 3 is 1.97 bits per heavy atom. The highest BCUT2D eigenvalue weighted by molar-refractivity contribution is 6.31. The van der Waals surface area contributed by atoms with Crippen molar-refractivity contribution in [3.8, 4) is 0 Å². The van der Waals surface area contributed by atoms with E-state index in [1.807, 2.05) is 31.3 Å². The zero-order valence-corrected chi connectivity index (χ0v) is 17.6. The molecule has 2 aromatic rings. The molecule has 1 aliphatic heterocycles. The Balaban J connectivity index is 1.96. The summed E-state index contributed by atoms with van der Waals surface area (Å²) in [5.41, 5.74) is 2.77. The van der Waals surface area contributed by atoms with Crippen LogP contribution in [0.3, 0.4) is 0 Å². The van der Waals surface area contributed by atoms with Gasteiger partial charge in [0.15, 0.2) is 5.78 Å². The second-order valence-electron chi connectivity index (χ2n) is 6.88. The van der Waals surface area contributed by atoms with E-state index >= 15 is 0 Å². The number of rotatable bonds is 5. The van der Waals surface area contributed by atoms with Crippen LogP contribution in [0.15, 0.2) is 59.7 Å². The predicted molar refractivity (Wildman–Crippen MR) is 119 cm³/mol. The Morgan fingerprint density at radius 2 is 1.52 bits per heavy atom. The summed E-state index contributed by atoms with van der Waals surface area (Å²) in [4.78, 5) is 27.5. The number of carbonyl (C=O) groups is 2. The maximum absolute atomic E-state index is 13.1. The molecule has 0 atom stereocenters. The first-order chi connectivity index (χ1) is 14.0. The Morgan fingerprint density at radius 1 is 1.00 bits per heavy atom. The molecule has 0 saturated carbocycles. The number of likely N-dealkylation sites (tertiary alicyclic amines) is 1. The van der Waals surface area contributed by atoms with E-state index in [4.69, 9.17) is 23.2 Å². The second-order valence-corrected chi connectivity index (χ2v) is 7.75. The number of hydrogen-bond acceptors (Lipinski definition) is 3. The van der Waals surface area contributed by atoms with Crippen molar-refractivity contribution < 1.29 is 9.59 Å². The third-order valence-electron chi connectivity index (χ3n) is 4.63. The van der Waals surface area contributed by atoms with Gasteiger partial charge in [-0.2, -0.15) is 0 Å². The predicted octanol–water partition coefficient (Wildman–Crippen LogP) is 4.48. The molecular formula is C23H22Cl2N2O2. The molecule has 150 valence electrons. The number of benzene rings is 2. The van der Waals surface area contributed by atoms with E-state index in [0.717, 1.165) is 11.1 Å². The topological polar surface area (TPSA) is 49.4 Å². The van der Waals surface area contributed by atoms with Gasteiger partial charge < -0.3 is 10.2 Å². The summed E-state index contributed by atoms with van der Waals surface area (Å²) in [6.45, 7) is 1.14. The van der Waals surface area contributed by atoms with Crippen molar-refractivity contribution >= 4 is 47.0 Å². The first-order valence-corrected chi connectivity index (χ1v) is 10.1. The van der Waals surface area contributed by atoms with Crippen molar-refractivity contribution in [3.63, 3.8) is 0 Å². The molecule has 0 radical (unpaired) electrons. The van der Waals surface area contributed by atoms with Gasteiger partial charge in [-0.15, -0.1) is 0 Å². The van der Waals surface area contributed by atoms with E-state index in [1.54, 1.807) is 41.3 Å². The Bertz CT molecular complexity index is 915. The normalized spacial score (nSPS) is 17.2. The number of nitrogens with zero attached hydrogens (tertiary/aromatic N) is 1. The van der Waals surface area contributed by atoms with E-state index in [-0.39, 0.29) is 24.8 Å². The van der Waals surface area contributed by atoms with Gasteiger partial charge in [-0.3, -0.25) is 9.59 Å². The summed E-state index contributed by atoms with van der Waals surface area (Å²) < 4.78 is 0. The largest absolute Gasteiger partial charge is 0.334 e. The number of carbonyl (C=O) groups excluding carboxylic acids is 2. The van der Waals surface area contributed by atoms with Crippen LogP contribution in [0.4, 0.5) is 0 Å². The summed E-state index contributed by atoms with van der Waals surface area (Å²) in [5, 5.41) is 4.18. The summed E-state index contributed by atoms with van der Waals surface area (Å²) in [6, 6.07) is 14.6. The molecule has 0 bridgehead atoms. The molecule has 0 unspecified atom stereocenters. The molecule has 1 N–H and O–H groups in total. The number of ketones is 1. The minimum absolute atomic E-state index is 0.000776. The van der Waals surface area contributed by atoms with Gasteiger partial charge in [-0.1, -0.05) is 47.5 Å². The molecule has 1 aliphatic rings. The maximum Gasteiger partial charge on any atom is 0.224 e. The first-order valence-electron chi connectivity index (χ1n) is 9.35. The van der Waals surface area contributed by atoms with Gasteiger partial charge in [0.05, 0.1) is 0 Å². The molecule has 0 aromatic heterocycles. The van der Waals surface area contributed by atoms with Crippen molar-refractivity contribution in [2.24, 2.45) is 0 Å². The third kappa shape index (κ3) is 5.80. The zero-order chi connectivity index (χ0) is 20.8. The van der Waals surface area contributed by atoms with Crippen LogP contribution in [-0.4, -0.2) is 43.3 Å². The van der Waals surface area contributed by atoms with E-state index in [0.29, 0.717) is 34.2 Å². The molecule has 6 heteroatoms. The number of hydrogen-bond donors (Lipinski definition) is 1. The molecule has 3 rings (SSSR count). The minimum Gasteiger partial charge on any atom is -0.334 e. The molecular weight excluding hydrogens is 407 g/mol. The van der Waals surface area contributed by atoms with Crippen LogP contribution < -0.4 is 5.32 Å². The molecule has 0 aliphatic carbocycles. The number of Topliss-reactive ketones (excluding diaryl/α,β-unsaturated/α-hetero) is 1. The maximum atomic E-state index is 13.1. The lowest BCUT2D eigenvalue weighted by Gasteiger charge is -2.30. The average Bonchev–Trinajstić information content (AvgIpc) is 2.69. The van der Waals surface area contributed by atoms with Crippen molar-refractivity contribution in [2.75, 3.05) is 26.7 Å². The van der Waals surface area contributed by atoms with Crippen LogP contribution in [0.1, 0.15) is 17.5 Å². The van der Waals surface area contributed by atoms with E-state index in [1.165, 1.54) is 0 Å². The van der Waals surface area contributed by atoms with E-state index in [2.05, 4.69) is 5.32 Å². The van der Waals surface area contributed by atoms with Crippen LogP contribution in [0.2, 0.25) is 10.0 Å². The molecule has 4 nitrogen and oxygen atoms in total. The van der Waals surface area contributed by atoms with Gasteiger partial charge in [-0.25, -0.2) is 0 Å². The quantitative estimate of drug-likeness (QED) is 0.713. The number of halogens is 2. The van der Waals surface area contributed by atoms with Crippen LogP contribution in [0.5, 0.6) is 0 Å². The lowest BCUT2D eigenvalue weighted by Crippen LogP contribution is -2.42. The minimum atomic E-state index is -0.0670. The highest BCUT2D eigenvalue weighted by Gasteiger charge is 2.28. The van der Waals surface area contributed by atoms with Crippen molar-refractivity contribution in [2.45, 2.75) is 6.42 Å². The molecule has 1 fully saturated rings. The summed E-state index contributed by atoms with van der Waals surface area (Å²) in [6.07, 6.45) is 3.98. The van der Waals surface area contributed by atoms with Crippen LogP contribution >= 0.6 is 23.2 Å². The fourth-order valence-corrected chi connectivity index (χ4v) is 3.60. The van der Waals surface area contributed by atoms with Crippen molar-refractivity contribution in [3.05, 3.63) is 80.8 Å². The number of nitrogens with one attached hydrogen (secondary N) is 1. The molecule has 1 saturated heterocycles. The third-order valence-corrected chi connectivity index (χ3v) is 5.10. The van der Waals surface area contributed by atoms with Gasteiger partial charge in [0, 0.05) is 47.2 Å². The van der Waals surface area contributed by atoms with Crippen LogP contribution in [-0.2, 0) is 9.59 Å². The first kappa shape index (κ1) is 21.3. The standard InChI is InChI=1S/C23H22Cl2N2O2/c1-26-9-8-22(28)27-14-18(10-16-4-2-6-20(24)12-16)23(29)19(15-27)11-17-5-3-7-21(25)13-17/h2-7,10-13,26H,8-9,14-15H2,1H3/b18-10+,19-11+. The second kappa shape index (κ2) is 9.88. The Kier molecular flexibility index (Phi) is 7.26. The highest BCUT2D eigenvalue weighted by Crippen LogP contribution is 2.24. The number of piperidine rings is 1. The SMILES string of the molecule is CNCCC(=O)N1C/C(=C\c2cccc(Cl)c2)C(=O)/C(=C/c2cccc(Cl)c2)C1. The molecule has 29 heavy (non-hydrogen) atoms. The van der Waals surface area contributed by atoms with E-state index < -0.39 is 0 Å². The van der Waals surface area contributed by atoms with Gasteiger partial charge in [-0.05, 0) is 54.6 Å². The lowest BCUT2D eigenvalue weighted by molar-refractivity contribution is -0.131. The Labute approximate surface area is 180 Å². The fourth-order valence-electron chi connectivity index (χ4n) is 3.20.